The zero-order valence-electron chi connectivity index (χ0n) is 8.51. The molecule has 0 aliphatic rings. The first-order valence-electron chi connectivity index (χ1n) is 4.13. The van der Waals surface area contributed by atoms with Gasteiger partial charge >= 0.3 is 5.97 Å². The van der Waals surface area contributed by atoms with Crippen LogP contribution in [0.4, 0.5) is 0 Å². The van der Waals surface area contributed by atoms with Crippen LogP contribution in [0.2, 0.25) is 0 Å². The first-order chi connectivity index (χ1) is 5.33. The lowest BCUT2D eigenvalue weighted by Crippen LogP contribution is -2.23. The summed E-state index contributed by atoms with van der Waals surface area (Å²) in [6.07, 6.45) is 0. The second kappa shape index (κ2) is 4.45. The summed E-state index contributed by atoms with van der Waals surface area (Å²) in [4.78, 5) is 10.9. The summed E-state index contributed by atoms with van der Waals surface area (Å²) < 4.78 is 10.0. The van der Waals surface area contributed by atoms with Crippen LogP contribution in [0.1, 0.15) is 34.6 Å². The minimum atomic E-state index is -0.253. The van der Waals surface area contributed by atoms with Crippen molar-refractivity contribution < 1.29 is 14.3 Å². The molecule has 0 N–H and O–H groups in total. The van der Waals surface area contributed by atoms with Crippen LogP contribution in [-0.2, 0) is 14.3 Å². The maximum absolute atomic E-state index is 10.9. The van der Waals surface area contributed by atoms with E-state index in [0.717, 1.165) is 0 Å². The molecule has 0 aromatic heterocycles. The molecule has 0 aliphatic carbocycles. The van der Waals surface area contributed by atoms with Crippen molar-refractivity contribution >= 4 is 5.97 Å². The Bertz CT molecular complexity index is 144. The maximum Gasteiger partial charge on any atom is 0.310 e. The van der Waals surface area contributed by atoms with Gasteiger partial charge in [-0.05, 0) is 20.8 Å². The molecule has 0 aromatic carbocycles. The van der Waals surface area contributed by atoms with Crippen molar-refractivity contribution in [2.24, 2.45) is 5.92 Å². The van der Waals surface area contributed by atoms with Crippen molar-refractivity contribution in [2.45, 2.75) is 40.2 Å². The molecule has 0 spiro atoms. The second-order valence-corrected chi connectivity index (χ2v) is 3.99. The molecule has 3 nitrogen and oxygen atoms in total. The molecule has 0 saturated heterocycles. The van der Waals surface area contributed by atoms with E-state index in [0.29, 0.717) is 0 Å². The highest BCUT2D eigenvalue weighted by atomic mass is 16.7. The van der Waals surface area contributed by atoms with Gasteiger partial charge in [0.05, 0.1) is 11.5 Å². The molecule has 0 amide bonds. The van der Waals surface area contributed by atoms with E-state index in [1.165, 1.54) is 0 Å². The molecule has 0 unspecified atom stereocenters. The van der Waals surface area contributed by atoms with Crippen molar-refractivity contribution in [2.75, 3.05) is 6.79 Å². The molecule has 0 saturated carbocycles. The molecule has 72 valence electrons. The Hall–Kier alpha value is -0.570. The van der Waals surface area contributed by atoms with E-state index in [1.807, 2.05) is 20.8 Å². The molecule has 0 radical (unpaired) electrons. The number of carbonyl (C=O) groups is 1. The highest BCUT2D eigenvalue weighted by molar-refractivity contribution is 5.71. The summed E-state index contributed by atoms with van der Waals surface area (Å²) in [5.74, 6) is -0.312. The van der Waals surface area contributed by atoms with Gasteiger partial charge in [0.1, 0.15) is 0 Å². The van der Waals surface area contributed by atoms with E-state index >= 15 is 0 Å². The molecule has 0 atom stereocenters. The monoisotopic (exact) mass is 174 g/mol. The summed E-state index contributed by atoms with van der Waals surface area (Å²) in [5, 5.41) is 0. The lowest BCUT2D eigenvalue weighted by molar-refractivity contribution is -0.170. The molecular weight excluding hydrogens is 156 g/mol. The average Bonchev–Trinajstić information content (AvgIpc) is 1.84. The van der Waals surface area contributed by atoms with Crippen molar-refractivity contribution in [3.63, 3.8) is 0 Å². The summed E-state index contributed by atoms with van der Waals surface area (Å²) >= 11 is 0. The van der Waals surface area contributed by atoms with Crippen molar-refractivity contribution in [3.8, 4) is 0 Å². The van der Waals surface area contributed by atoms with Gasteiger partial charge < -0.3 is 9.47 Å². The number of rotatable bonds is 3. The van der Waals surface area contributed by atoms with Crippen LogP contribution in [0.5, 0.6) is 0 Å². The van der Waals surface area contributed by atoms with Crippen LogP contribution in [-0.4, -0.2) is 18.4 Å². The van der Waals surface area contributed by atoms with Gasteiger partial charge in [0, 0.05) is 0 Å². The molecule has 0 rings (SSSR count). The predicted octanol–water partition coefficient (Wildman–Crippen LogP) is 1.96. The van der Waals surface area contributed by atoms with E-state index in [9.17, 15) is 4.79 Å². The highest BCUT2D eigenvalue weighted by Gasteiger charge is 2.12. The maximum atomic E-state index is 10.9. The Morgan fingerprint density at radius 3 is 2.17 bits per heavy atom. The van der Waals surface area contributed by atoms with Gasteiger partial charge in [-0.25, -0.2) is 0 Å². The fourth-order valence-electron chi connectivity index (χ4n) is 0.431. The molecule has 0 bridgehead atoms. The normalized spacial score (nSPS) is 11.8. The summed E-state index contributed by atoms with van der Waals surface area (Å²) in [5.41, 5.74) is -0.253. The summed E-state index contributed by atoms with van der Waals surface area (Å²) in [7, 11) is 0. The van der Waals surface area contributed by atoms with Gasteiger partial charge in [-0.15, -0.1) is 0 Å². The zero-order valence-corrected chi connectivity index (χ0v) is 8.51. The minimum Gasteiger partial charge on any atom is -0.438 e. The summed E-state index contributed by atoms with van der Waals surface area (Å²) in [6, 6.07) is 0. The SMILES string of the molecule is CC(C)C(=O)OCOC(C)(C)C. The number of esters is 1. The van der Waals surface area contributed by atoms with Crippen LogP contribution >= 0.6 is 0 Å². The van der Waals surface area contributed by atoms with Crippen molar-refractivity contribution in [3.05, 3.63) is 0 Å². The lowest BCUT2D eigenvalue weighted by atomic mass is 10.2. The largest absolute Gasteiger partial charge is 0.438 e. The average molecular weight is 174 g/mol. The van der Waals surface area contributed by atoms with Gasteiger partial charge in [-0.3, -0.25) is 4.79 Å². The number of ether oxygens (including phenoxy) is 2. The third-order valence-electron chi connectivity index (χ3n) is 1.16. The Balaban J connectivity index is 3.51. The number of carbonyl (C=O) groups excluding carboxylic acids is 1. The fourth-order valence-corrected chi connectivity index (χ4v) is 0.431. The van der Waals surface area contributed by atoms with E-state index in [1.54, 1.807) is 13.8 Å². The Kier molecular flexibility index (Phi) is 4.24. The number of hydrogen-bond donors (Lipinski definition) is 0. The third-order valence-corrected chi connectivity index (χ3v) is 1.16. The van der Waals surface area contributed by atoms with Crippen molar-refractivity contribution in [1.82, 2.24) is 0 Å². The fraction of sp³-hybridized carbons (Fsp3) is 0.889. The van der Waals surface area contributed by atoms with E-state index in [4.69, 9.17) is 9.47 Å². The quantitative estimate of drug-likeness (QED) is 0.484. The van der Waals surface area contributed by atoms with E-state index < -0.39 is 0 Å². The lowest BCUT2D eigenvalue weighted by Gasteiger charge is -2.19. The van der Waals surface area contributed by atoms with E-state index in [-0.39, 0.29) is 24.3 Å². The molecule has 0 aromatic rings. The molecule has 12 heavy (non-hydrogen) atoms. The highest BCUT2D eigenvalue weighted by Crippen LogP contribution is 2.06. The van der Waals surface area contributed by atoms with Crippen LogP contribution in [0.25, 0.3) is 0 Å². The predicted molar refractivity (Wildman–Crippen MR) is 46.6 cm³/mol. The molecular formula is C9H18O3. The van der Waals surface area contributed by atoms with Gasteiger partial charge in [-0.2, -0.15) is 0 Å². The van der Waals surface area contributed by atoms with Crippen LogP contribution < -0.4 is 0 Å². The van der Waals surface area contributed by atoms with Gasteiger partial charge in [-0.1, -0.05) is 13.8 Å². The minimum absolute atomic E-state index is 0.0422. The van der Waals surface area contributed by atoms with Crippen LogP contribution in [0.3, 0.4) is 0 Å². The summed E-state index contributed by atoms with van der Waals surface area (Å²) in [6.45, 7) is 9.36. The zero-order chi connectivity index (χ0) is 9.78. The standard InChI is InChI=1S/C9H18O3/c1-7(2)8(10)11-6-12-9(3,4)5/h7H,6H2,1-5H3. The van der Waals surface area contributed by atoms with Gasteiger partial charge in [0.2, 0.25) is 0 Å². The topological polar surface area (TPSA) is 35.5 Å². The third kappa shape index (κ3) is 6.16. The van der Waals surface area contributed by atoms with Crippen molar-refractivity contribution in [1.29, 1.82) is 0 Å². The first-order valence-corrected chi connectivity index (χ1v) is 4.13. The van der Waals surface area contributed by atoms with Gasteiger partial charge in [0.15, 0.2) is 6.79 Å². The molecule has 0 heterocycles. The number of hydrogen-bond acceptors (Lipinski definition) is 3. The smallest absolute Gasteiger partial charge is 0.310 e. The second-order valence-electron chi connectivity index (χ2n) is 3.99. The molecule has 0 aliphatic heterocycles. The molecule has 3 heteroatoms. The Labute approximate surface area is 74.0 Å². The molecule has 0 fully saturated rings. The Morgan fingerprint density at radius 2 is 1.83 bits per heavy atom. The van der Waals surface area contributed by atoms with Crippen LogP contribution in [0, 0.1) is 5.92 Å². The Morgan fingerprint density at radius 1 is 1.33 bits per heavy atom. The first kappa shape index (κ1) is 11.4. The van der Waals surface area contributed by atoms with Crippen LogP contribution in [0.15, 0.2) is 0 Å². The van der Waals surface area contributed by atoms with E-state index in [2.05, 4.69) is 0 Å². The van der Waals surface area contributed by atoms with Gasteiger partial charge in [0.25, 0.3) is 0 Å².